The Hall–Kier alpha value is -2.59. The Morgan fingerprint density at radius 2 is 1.88 bits per heavy atom. The lowest BCUT2D eigenvalue weighted by Gasteiger charge is -2.13. The Balaban J connectivity index is 2.14. The van der Waals surface area contributed by atoms with Gasteiger partial charge in [-0.3, -0.25) is 4.98 Å². The summed E-state index contributed by atoms with van der Waals surface area (Å²) in [5, 5.41) is 1.19. The topological polar surface area (TPSA) is 26.5 Å². The minimum absolute atomic E-state index is 0.285. The lowest BCUT2D eigenvalue weighted by Crippen LogP contribution is -2.16. The molecule has 0 fully saturated rings. The molecule has 3 nitrogen and oxygen atoms in total. The number of pyridine rings is 1. The predicted octanol–water partition coefficient (Wildman–Crippen LogP) is 6.25. The van der Waals surface area contributed by atoms with Crippen LogP contribution in [0.2, 0.25) is 0 Å². The van der Waals surface area contributed by atoms with Crippen molar-refractivity contribution in [1.82, 2.24) is 4.98 Å². The van der Waals surface area contributed by atoms with Crippen LogP contribution in [0, 0.1) is 6.57 Å². The number of hydrogen-bond acceptors (Lipinski definition) is 2. The molecule has 0 N–H and O–H groups in total. The summed E-state index contributed by atoms with van der Waals surface area (Å²) in [6, 6.07) is 11.0. The van der Waals surface area contributed by atoms with Gasteiger partial charge in [0, 0.05) is 22.5 Å². The summed E-state index contributed by atoms with van der Waals surface area (Å²) in [4.78, 5) is 7.95. The van der Waals surface area contributed by atoms with Gasteiger partial charge >= 0.3 is 6.36 Å². The van der Waals surface area contributed by atoms with Crippen LogP contribution in [-0.4, -0.2) is 11.3 Å². The van der Waals surface area contributed by atoms with E-state index in [0.717, 1.165) is 11.1 Å². The number of benzene rings is 2. The molecule has 0 radical (unpaired) electrons. The van der Waals surface area contributed by atoms with E-state index in [9.17, 15) is 13.2 Å². The van der Waals surface area contributed by atoms with Gasteiger partial charge in [-0.25, -0.2) is 4.85 Å². The second-order valence-corrected chi connectivity index (χ2v) is 5.71. The summed E-state index contributed by atoms with van der Waals surface area (Å²) in [5.41, 5.74) is 3.37. The van der Waals surface area contributed by atoms with Crippen LogP contribution in [-0.2, 0) is 5.33 Å². The molecule has 3 rings (SSSR count). The van der Waals surface area contributed by atoms with Gasteiger partial charge in [0.15, 0.2) is 5.69 Å². The van der Waals surface area contributed by atoms with Gasteiger partial charge in [-0.2, -0.15) is 0 Å². The second kappa shape index (κ2) is 6.73. The summed E-state index contributed by atoms with van der Waals surface area (Å²) in [5.74, 6) is -0.285. The molecule has 0 aliphatic heterocycles. The first-order chi connectivity index (χ1) is 11.9. The van der Waals surface area contributed by atoms with Crippen molar-refractivity contribution in [1.29, 1.82) is 0 Å². The molecule has 3 aromatic rings. The number of halogens is 4. The van der Waals surface area contributed by atoms with Crippen LogP contribution >= 0.6 is 15.9 Å². The summed E-state index contributed by atoms with van der Waals surface area (Å²) in [6.07, 6.45) is -3.11. The third kappa shape index (κ3) is 3.59. The number of nitrogens with zero attached hydrogens (tertiary/aromatic N) is 2. The molecule has 0 aliphatic rings. The van der Waals surface area contributed by atoms with E-state index < -0.39 is 6.36 Å². The number of aromatic nitrogens is 1. The van der Waals surface area contributed by atoms with Crippen LogP contribution in [0.15, 0.2) is 48.7 Å². The number of rotatable bonds is 3. The average molecular weight is 407 g/mol. The van der Waals surface area contributed by atoms with E-state index in [1.807, 2.05) is 12.1 Å². The zero-order chi connectivity index (χ0) is 18.0. The van der Waals surface area contributed by atoms with Crippen LogP contribution in [0.5, 0.6) is 5.75 Å². The van der Waals surface area contributed by atoms with Crippen LogP contribution < -0.4 is 4.74 Å². The second-order valence-electron chi connectivity index (χ2n) is 5.15. The standard InChI is InChI=1S/C18H10BrF3N2O/c1-23-16-12(10-19)9-15(17-14(16)3-2-8-24-17)11-4-6-13(7-5-11)25-18(20,21)22/h2-9H,10H2. The lowest BCUT2D eigenvalue weighted by atomic mass is 9.97. The first-order valence-corrected chi connectivity index (χ1v) is 8.25. The molecule has 7 heteroatoms. The average Bonchev–Trinajstić information content (AvgIpc) is 2.59. The molecule has 0 amide bonds. The summed E-state index contributed by atoms with van der Waals surface area (Å²) in [7, 11) is 0. The van der Waals surface area contributed by atoms with E-state index in [0.29, 0.717) is 27.5 Å². The highest BCUT2D eigenvalue weighted by Crippen LogP contribution is 2.38. The molecule has 1 aromatic heterocycles. The molecule has 0 unspecified atom stereocenters. The Morgan fingerprint density at radius 1 is 1.16 bits per heavy atom. The van der Waals surface area contributed by atoms with Gasteiger partial charge in [0.05, 0.1) is 12.1 Å². The fraction of sp³-hybridized carbons (Fsp3) is 0.111. The van der Waals surface area contributed by atoms with Crippen molar-refractivity contribution in [2.75, 3.05) is 0 Å². The Kier molecular flexibility index (Phi) is 4.64. The van der Waals surface area contributed by atoms with Crippen molar-refractivity contribution >= 4 is 32.5 Å². The predicted molar refractivity (Wildman–Crippen MR) is 92.8 cm³/mol. The number of fused-ring (bicyclic) bond motifs is 1. The van der Waals surface area contributed by atoms with Gasteiger partial charge in [0.25, 0.3) is 0 Å². The summed E-state index contributed by atoms with van der Waals surface area (Å²) in [6.45, 7) is 7.41. The van der Waals surface area contributed by atoms with E-state index in [-0.39, 0.29) is 5.75 Å². The smallest absolute Gasteiger partial charge is 0.406 e. The van der Waals surface area contributed by atoms with Crippen LogP contribution in [0.4, 0.5) is 18.9 Å². The largest absolute Gasteiger partial charge is 0.573 e. The zero-order valence-corrected chi connectivity index (χ0v) is 14.2. The van der Waals surface area contributed by atoms with E-state index in [2.05, 4.69) is 30.5 Å². The van der Waals surface area contributed by atoms with Gasteiger partial charge in [0.2, 0.25) is 0 Å². The fourth-order valence-corrected chi connectivity index (χ4v) is 3.01. The quantitative estimate of drug-likeness (QED) is 0.379. The Bertz CT molecular complexity index is 963. The van der Waals surface area contributed by atoms with Crippen molar-refractivity contribution < 1.29 is 17.9 Å². The normalized spacial score (nSPS) is 11.3. The van der Waals surface area contributed by atoms with Crippen LogP contribution in [0.25, 0.3) is 26.9 Å². The molecule has 0 bridgehead atoms. The molecule has 126 valence electrons. The van der Waals surface area contributed by atoms with E-state index in [1.165, 1.54) is 12.1 Å². The molecular weight excluding hydrogens is 397 g/mol. The van der Waals surface area contributed by atoms with Crippen molar-refractivity contribution in [2.45, 2.75) is 11.7 Å². The van der Waals surface area contributed by atoms with Crippen LogP contribution in [0.1, 0.15) is 5.56 Å². The number of ether oxygens (including phenoxy) is 1. The minimum atomic E-state index is -4.73. The molecule has 0 saturated carbocycles. The van der Waals surface area contributed by atoms with Gasteiger partial charge in [0.1, 0.15) is 5.75 Å². The lowest BCUT2D eigenvalue weighted by molar-refractivity contribution is -0.274. The SMILES string of the molecule is [C-]#[N+]c1c(CBr)cc(-c2ccc(OC(F)(F)F)cc2)c2ncccc12. The maximum atomic E-state index is 12.3. The van der Waals surface area contributed by atoms with Gasteiger partial charge < -0.3 is 4.74 Å². The van der Waals surface area contributed by atoms with Gasteiger partial charge in [-0.05, 0) is 29.3 Å². The van der Waals surface area contributed by atoms with E-state index >= 15 is 0 Å². The Labute approximate surface area is 150 Å². The first-order valence-electron chi connectivity index (χ1n) is 7.13. The van der Waals surface area contributed by atoms with Crippen molar-refractivity contribution in [3.05, 3.63) is 65.6 Å². The molecule has 0 aliphatic carbocycles. The first kappa shape index (κ1) is 17.2. The highest BCUT2D eigenvalue weighted by atomic mass is 79.9. The van der Waals surface area contributed by atoms with E-state index in [1.54, 1.807) is 24.4 Å². The monoisotopic (exact) mass is 406 g/mol. The molecule has 25 heavy (non-hydrogen) atoms. The van der Waals surface area contributed by atoms with Gasteiger partial charge in [-0.1, -0.05) is 40.2 Å². The zero-order valence-electron chi connectivity index (χ0n) is 12.6. The van der Waals surface area contributed by atoms with Crippen molar-refractivity contribution in [3.63, 3.8) is 0 Å². The Morgan fingerprint density at radius 3 is 2.48 bits per heavy atom. The van der Waals surface area contributed by atoms with Crippen molar-refractivity contribution in [3.8, 4) is 16.9 Å². The minimum Gasteiger partial charge on any atom is -0.406 e. The molecule has 2 aromatic carbocycles. The van der Waals surface area contributed by atoms with Crippen LogP contribution in [0.3, 0.4) is 0 Å². The maximum Gasteiger partial charge on any atom is 0.573 e. The highest BCUT2D eigenvalue weighted by molar-refractivity contribution is 9.08. The van der Waals surface area contributed by atoms with Crippen molar-refractivity contribution in [2.24, 2.45) is 0 Å². The molecule has 0 atom stereocenters. The molecule has 1 heterocycles. The molecular formula is C18H10BrF3N2O. The summed E-state index contributed by atoms with van der Waals surface area (Å²) >= 11 is 3.38. The highest BCUT2D eigenvalue weighted by Gasteiger charge is 2.31. The number of alkyl halides is 4. The molecule has 0 spiro atoms. The summed E-state index contributed by atoms with van der Waals surface area (Å²) < 4.78 is 40.8. The van der Waals surface area contributed by atoms with Gasteiger partial charge in [-0.15, -0.1) is 13.2 Å². The third-order valence-electron chi connectivity index (χ3n) is 3.60. The third-order valence-corrected chi connectivity index (χ3v) is 4.20. The number of hydrogen-bond donors (Lipinski definition) is 0. The fourth-order valence-electron chi connectivity index (χ4n) is 2.59. The van der Waals surface area contributed by atoms with E-state index in [4.69, 9.17) is 6.57 Å². The molecule has 0 saturated heterocycles. The maximum absolute atomic E-state index is 12.3.